The van der Waals surface area contributed by atoms with Crippen LogP contribution in [-0.2, 0) is 0 Å². The van der Waals surface area contributed by atoms with E-state index in [9.17, 15) is 4.79 Å². The number of hydrogen-bond donors (Lipinski definition) is 1. The first kappa shape index (κ1) is 17.4. The van der Waals surface area contributed by atoms with Crippen LogP contribution in [0.4, 0.5) is 5.82 Å². The number of nitrogens with one attached hydrogen (secondary N) is 1. The second-order valence-corrected chi connectivity index (χ2v) is 7.06. The summed E-state index contributed by atoms with van der Waals surface area (Å²) in [6.07, 6.45) is 1.62. The fourth-order valence-electron chi connectivity index (χ4n) is 2.93. The van der Waals surface area contributed by atoms with E-state index in [2.05, 4.69) is 36.4 Å². The molecule has 0 atom stereocenters. The van der Waals surface area contributed by atoms with Crippen LogP contribution in [0.25, 0.3) is 22.4 Å². The summed E-state index contributed by atoms with van der Waals surface area (Å²) in [5.74, 6) is 1.61. The van der Waals surface area contributed by atoms with Crippen LogP contribution in [0.5, 0.6) is 0 Å². The minimum absolute atomic E-state index is 0.303. The summed E-state index contributed by atoms with van der Waals surface area (Å²) in [6, 6.07) is 7.12. The van der Waals surface area contributed by atoms with Gasteiger partial charge in [-0.15, -0.1) is 0 Å². The molecule has 7 nitrogen and oxygen atoms in total. The van der Waals surface area contributed by atoms with Gasteiger partial charge in [0.2, 0.25) is 0 Å². The highest BCUT2D eigenvalue weighted by molar-refractivity contribution is 9.10. The zero-order valence-electron chi connectivity index (χ0n) is 14.8. The molecule has 27 heavy (non-hydrogen) atoms. The second kappa shape index (κ2) is 6.62. The Hall–Kier alpha value is -3.00. The van der Waals surface area contributed by atoms with Crippen molar-refractivity contribution >= 4 is 38.8 Å². The van der Waals surface area contributed by atoms with Crippen LogP contribution in [0, 0.1) is 20.8 Å². The first-order chi connectivity index (χ1) is 12.9. The number of furan rings is 1. The molecule has 0 saturated carbocycles. The molecular formula is C19H15BrN4O3. The highest BCUT2D eigenvalue weighted by Gasteiger charge is 2.21. The second-order valence-electron chi connectivity index (χ2n) is 6.15. The molecule has 0 aliphatic carbocycles. The van der Waals surface area contributed by atoms with Gasteiger partial charge in [-0.3, -0.25) is 4.79 Å². The third kappa shape index (κ3) is 3.23. The number of carbonyl (C=O) groups is 1. The Morgan fingerprint density at radius 1 is 1.19 bits per heavy atom. The average Bonchev–Trinajstić information content (AvgIpc) is 3.18. The molecule has 1 N–H and O–H groups in total. The molecule has 0 saturated heterocycles. The van der Waals surface area contributed by atoms with E-state index < -0.39 is 0 Å². The average molecular weight is 427 g/mol. The smallest absolute Gasteiger partial charge is 0.259 e. The van der Waals surface area contributed by atoms with E-state index in [1.807, 2.05) is 19.9 Å². The maximum Gasteiger partial charge on any atom is 0.259 e. The van der Waals surface area contributed by atoms with Crippen molar-refractivity contribution in [2.24, 2.45) is 0 Å². The first-order valence-electron chi connectivity index (χ1n) is 8.19. The van der Waals surface area contributed by atoms with E-state index in [-0.39, 0.29) is 5.91 Å². The van der Waals surface area contributed by atoms with E-state index in [1.165, 1.54) is 0 Å². The van der Waals surface area contributed by atoms with Gasteiger partial charge in [0.25, 0.3) is 11.6 Å². The Labute approximate surface area is 162 Å². The molecule has 0 aromatic carbocycles. The molecule has 4 aromatic rings. The van der Waals surface area contributed by atoms with Gasteiger partial charge in [-0.05, 0) is 61.0 Å². The minimum atomic E-state index is -0.317. The van der Waals surface area contributed by atoms with Crippen molar-refractivity contribution in [3.05, 3.63) is 57.7 Å². The van der Waals surface area contributed by atoms with Crippen LogP contribution in [-0.4, -0.2) is 21.0 Å². The highest BCUT2D eigenvalue weighted by Crippen LogP contribution is 2.30. The van der Waals surface area contributed by atoms with E-state index >= 15 is 0 Å². The van der Waals surface area contributed by atoms with Crippen LogP contribution >= 0.6 is 15.9 Å². The molecular weight excluding hydrogens is 412 g/mol. The van der Waals surface area contributed by atoms with E-state index in [0.717, 1.165) is 21.6 Å². The van der Waals surface area contributed by atoms with Gasteiger partial charge in [0.1, 0.15) is 17.3 Å². The Kier molecular flexibility index (Phi) is 4.27. The van der Waals surface area contributed by atoms with Crippen LogP contribution < -0.4 is 5.32 Å². The fourth-order valence-corrected chi connectivity index (χ4v) is 3.16. The largest absolute Gasteiger partial charge is 0.466 e. The number of aromatic nitrogens is 3. The van der Waals surface area contributed by atoms with Gasteiger partial charge in [0, 0.05) is 16.2 Å². The van der Waals surface area contributed by atoms with Gasteiger partial charge in [-0.2, -0.15) is 0 Å². The molecule has 4 heterocycles. The lowest BCUT2D eigenvalue weighted by molar-refractivity contribution is 0.102. The molecule has 0 aliphatic rings. The SMILES string of the molecule is Cc1cc(-c2cc(C(=O)Nc3ccc(Br)cn3)c3c(C)noc3n2)c(C)o1. The summed E-state index contributed by atoms with van der Waals surface area (Å²) in [6.45, 7) is 5.49. The molecule has 4 aromatic heterocycles. The molecule has 0 spiro atoms. The standard InChI is InChI=1S/C19H15BrN4O3/c1-9-6-13(11(3)26-9)15-7-14(17-10(2)24-27-19(17)22-15)18(25)23-16-5-4-12(20)8-21-16/h4-8H,1-3H3,(H,21,23,25). The topological polar surface area (TPSA) is 94.1 Å². The normalized spacial score (nSPS) is 11.1. The van der Waals surface area contributed by atoms with Crippen molar-refractivity contribution in [3.8, 4) is 11.3 Å². The molecule has 0 aliphatic heterocycles. The molecule has 1 amide bonds. The number of aryl methyl sites for hydroxylation is 3. The van der Waals surface area contributed by atoms with Crippen LogP contribution in [0.15, 0.2) is 43.9 Å². The number of nitrogens with zero attached hydrogens (tertiary/aromatic N) is 3. The highest BCUT2D eigenvalue weighted by atomic mass is 79.9. The first-order valence-corrected chi connectivity index (χ1v) is 8.99. The number of pyridine rings is 2. The zero-order valence-corrected chi connectivity index (χ0v) is 16.4. The summed E-state index contributed by atoms with van der Waals surface area (Å²) in [5.41, 5.74) is 2.70. The minimum Gasteiger partial charge on any atom is -0.466 e. The summed E-state index contributed by atoms with van der Waals surface area (Å²) in [4.78, 5) is 21.6. The maximum absolute atomic E-state index is 13.0. The molecule has 136 valence electrons. The summed E-state index contributed by atoms with van der Waals surface area (Å²) >= 11 is 3.32. The number of hydrogen-bond acceptors (Lipinski definition) is 6. The van der Waals surface area contributed by atoms with Crippen LogP contribution in [0.1, 0.15) is 27.6 Å². The lowest BCUT2D eigenvalue weighted by Crippen LogP contribution is -2.14. The van der Waals surface area contributed by atoms with Gasteiger partial charge < -0.3 is 14.3 Å². The predicted molar refractivity (Wildman–Crippen MR) is 104 cm³/mol. The van der Waals surface area contributed by atoms with Gasteiger partial charge >= 0.3 is 0 Å². The van der Waals surface area contributed by atoms with E-state index in [1.54, 1.807) is 31.3 Å². The molecule has 0 bridgehead atoms. The van der Waals surface area contributed by atoms with Crippen molar-refractivity contribution in [3.63, 3.8) is 0 Å². The predicted octanol–water partition coefficient (Wildman–Crippen LogP) is 4.82. The van der Waals surface area contributed by atoms with E-state index in [4.69, 9.17) is 8.94 Å². The Bertz CT molecular complexity index is 1160. The van der Waals surface area contributed by atoms with Crippen molar-refractivity contribution in [2.45, 2.75) is 20.8 Å². The molecule has 0 radical (unpaired) electrons. The lowest BCUT2D eigenvalue weighted by atomic mass is 10.1. The number of amides is 1. The third-order valence-corrected chi connectivity index (χ3v) is 4.62. The van der Waals surface area contributed by atoms with Crippen molar-refractivity contribution in [1.29, 1.82) is 0 Å². The Morgan fingerprint density at radius 2 is 2.00 bits per heavy atom. The third-order valence-electron chi connectivity index (χ3n) is 4.15. The summed E-state index contributed by atoms with van der Waals surface area (Å²) in [7, 11) is 0. The number of rotatable bonds is 3. The molecule has 0 unspecified atom stereocenters. The summed E-state index contributed by atoms with van der Waals surface area (Å²) < 4.78 is 11.7. The van der Waals surface area contributed by atoms with E-state index in [0.29, 0.717) is 33.9 Å². The lowest BCUT2D eigenvalue weighted by Gasteiger charge is -2.07. The Morgan fingerprint density at radius 3 is 2.67 bits per heavy atom. The monoisotopic (exact) mass is 426 g/mol. The van der Waals surface area contributed by atoms with Crippen molar-refractivity contribution in [2.75, 3.05) is 5.32 Å². The van der Waals surface area contributed by atoms with Gasteiger partial charge in [0.05, 0.1) is 22.3 Å². The van der Waals surface area contributed by atoms with Crippen LogP contribution in [0.2, 0.25) is 0 Å². The molecule has 0 fully saturated rings. The summed E-state index contributed by atoms with van der Waals surface area (Å²) in [5, 5.41) is 7.33. The fraction of sp³-hybridized carbons (Fsp3) is 0.158. The maximum atomic E-state index is 13.0. The van der Waals surface area contributed by atoms with Crippen molar-refractivity contribution in [1.82, 2.24) is 15.1 Å². The molecule has 4 rings (SSSR count). The van der Waals surface area contributed by atoms with Gasteiger partial charge in [0.15, 0.2) is 0 Å². The number of fused-ring (bicyclic) bond motifs is 1. The number of anilines is 1. The quantitative estimate of drug-likeness (QED) is 0.504. The van der Waals surface area contributed by atoms with Gasteiger partial charge in [-0.25, -0.2) is 9.97 Å². The Balaban J connectivity index is 1.82. The zero-order chi connectivity index (χ0) is 19.1. The number of halogens is 1. The van der Waals surface area contributed by atoms with Crippen LogP contribution in [0.3, 0.4) is 0 Å². The molecule has 8 heteroatoms. The number of carbonyl (C=O) groups excluding carboxylic acids is 1. The van der Waals surface area contributed by atoms with Crippen molar-refractivity contribution < 1.29 is 13.7 Å². The van der Waals surface area contributed by atoms with Gasteiger partial charge in [-0.1, -0.05) is 5.16 Å².